The predicted molar refractivity (Wildman–Crippen MR) is 82.3 cm³/mol. The first-order chi connectivity index (χ1) is 11.7. The minimum Gasteiger partial charge on any atom is -0.507 e. The molecule has 8 heteroatoms. The molecule has 134 valence electrons. The highest BCUT2D eigenvalue weighted by Gasteiger charge is 2.69. The van der Waals surface area contributed by atoms with Crippen LogP contribution in [0.5, 0.6) is 5.75 Å². The van der Waals surface area contributed by atoms with E-state index in [0.717, 1.165) is 0 Å². The molecule has 0 aromatic heterocycles. The first kappa shape index (κ1) is 17.5. The first-order valence-electron chi connectivity index (χ1n) is 7.75. The molecule has 0 spiro atoms. The van der Waals surface area contributed by atoms with Crippen molar-refractivity contribution in [2.45, 2.75) is 43.2 Å². The van der Waals surface area contributed by atoms with Crippen molar-refractivity contribution in [3.8, 4) is 5.75 Å². The average molecular weight is 350 g/mol. The summed E-state index contributed by atoms with van der Waals surface area (Å²) in [4.78, 5) is 37.2. The van der Waals surface area contributed by atoms with E-state index in [1.807, 2.05) is 0 Å². The number of methoxy groups -OCH3 is 1. The van der Waals surface area contributed by atoms with E-state index < -0.39 is 53.1 Å². The quantitative estimate of drug-likeness (QED) is 0.634. The van der Waals surface area contributed by atoms with E-state index >= 15 is 0 Å². The largest absolute Gasteiger partial charge is 0.507 e. The molecule has 8 nitrogen and oxygen atoms in total. The van der Waals surface area contributed by atoms with E-state index in [1.165, 1.54) is 32.2 Å². The fourth-order valence-electron chi connectivity index (χ4n) is 3.67. The third-order valence-electron chi connectivity index (χ3n) is 5.00. The van der Waals surface area contributed by atoms with Crippen LogP contribution in [-0.2, 0) is 14.3 Å². The fourth-order valence-corrected chi connectivity index (χ4v) is 3.67. The van der Waals surface area contributed by atoms with Crippen LogP contribution in [0.25, 0.3) is 0 Å². The van der Waals surface area contributed by atoms with Crippen molar-refractivity contribution in [2.75, 3.05) is 7.11 Å². The molecule has 3 rings (SSSR count). The zero-order valence-corrected chi connectivity index (χ0v) is 13.7. The maximum atomic E-state index is 12.9. The summed E-state index contributed by atoms with van der Waals surface area (Å²) in [5, 5.41) is 31.9. The molecule has 0 amide bonds. The van der Waals surface area contributed by atoms with Crippen molar-refractivity contribution in [2.24, 2.45) is 0 Å². The molecule has 1 aromatic rings. The van der Waals surface area contributed by atoms with Crippen molar-refractivity contribution < 1.29 is 39.2 Å². The molecule has 1 aliphatic heterocycles. The maximum Gasteiger partial charge on any atom is 0.308 e. The summed E-state index contributed by atoms with van der Waals surface area (Å²) in [5.41, 5.74) is -5.56. The highest BCUT2D eigenvalue weighted by atomic mass is 16.5. The number of aromatic hydroxyl groups is 1. The van der Waals surface area contributed by atoms with Crippen LogP contribution in [0, 0.1) is 0 Å². The van der Waals surface area contributed by atoms with Crippen molar-refractivity contribution in [3.05, 3.63) is 29.3 Å². The number of phenolic OH excluding ortho intramolecular Hbond substituents is 1. The Hall–Kier alpha value is -2.29. The number of aliphatic hydroxyl groups is 2. The van der Waals surface area contributed by atoms with Crippen LogP contribution in [-0.4, -0.2) is 63.4 Å². The molecule has 3 N–H and O–H groups in total. The number of esters is 1. The van der Waals surface area contributed by atoms with Gasteiger partial charge in [0, 0.05) is 12.0 Å². The van der Waals surface area contributed by atoms with E-state index in [-0.39, 0.29) is 17.5 Å². The number of benzene rings is 1. The van der Waals surface area contributed by atoms with Gasteiger partial charge in [-0.1, -0.05) is 12.1 Å². The third kappa shape index (κ3) is 2.21. The normalized spacial score (nSPS) is 34.2. The smallest absolute Gasteiger partial charge is 0.308 e. The summed E-state index contributed by atoms with van der Waals surface area (Å²) in [5.74, 6) is -2.97. The van der Waals surface area contributed by atoms with Gasteiger partial charge in [-0.05, 0) is 13.0 Å². The van der Waals surface area contributed by atoms with Crippen molar-refractivity contribution in [1.82, 2.24) is 0 Å². The van der Waals surface area contributed by atoms with E-state index in [2.05, 4.69) is 4.74 Å². The number of hydrogen-bond donors (Lipinski definition) is 3. The van der Waals surface area contributed by atoms with E-state index in [0.29, 0.717) is 0 Å². The predicted octanol–water partition coefficient (Wildman–Crippen LogP) is -0.0261. The summed E-state index contributed by atoms with van der Waals surface area (Å²) in [6.07, 6.45) is -2.90. The standard InChI is InChI=1S/C17H18O8/c1-8-17(23)15(21)13-10(4-3-5-11(13)18)14(20)16(17,22)7-9(25-8)6-12(19)24-2/h3-5,8-9,18,22-23H,6-7H2,1-2H3. The second-order valence-corrected chi connectivity index (χ2v) is 6.37. The Morgan fingerprint density at radius 1 is 1.32 bits per heavy atom. The Morgan fingerprint density at radius 3 is 2.64 bits per heavy atom. The lowest BCUT2D eigenvalue weighted by Gasteiger charge is -2.52. The summed E-state index contributed by atoms with van der Waals surface area (Å²) in [6.45, 7) is 1.32. The highest BCUT2D eigenvalue weighted by Crippen LogP contribution is 2.48. The molecule has 2 aliphatic rings. The minimum atomic E-state index is -2.57. The van der Waals surface area contributed by atoms with Crippen LogP contribution >= 0.6 is 0 Å². The first-order valence-corrected chi connectivity index (χ1v) is 7.75. The summed E-state index contributed by atoms with van der Waals surface area (Å²) < 4.78 is 10.1. The number of Topliss-reactive ketones (excluding diaryl/α,β-unsaturated/α-hetero) is 2. The second-order valence-electron chi connectivity index (χ2n) is 6.37. The van der Waals surface area contributed by atoms with Gasteiger partial charge in [-0.3, -0.25) is 14.4 Å². The molecule has 1 saturated heterocycles. The van der Waals surface area contributed by atoms with Crippen LogP contribution < -0.4 is 0 Å². The molecule has 1 aromatic carbocycles. The van der Waals surface area contributed by atoms with Crippen molar-refractivity contribution in [1.29, 1.82) is 0 Å². The Bertz CT molecular complexity index is 772. The number of hydrogen-bond acceptors (Lipinski definition) is 8. The Morgan fingerprint density at radius 2 is 2.00 bits per heavy atom. The molecule has 0 radical (unpaired) electrons. The monoisotopic (exact) mass is 350 g/mol. The van der Waals surface area contributed by atoms with Crippen molar-refractivity contribution in [3.63, 3.8) is 0 Å². The highest BCUT2D eigenvalue weighted by molar-refractivity contribution is 6.23. The molecule has 4 unspecified atom stereocenters. The second kappa shape index (κ2) is 5.62. The molecule has 25 heavy (non-hydrogen) atoms. The average Bonchev–Trinajstić information content (AvgIpc) is 2.56. The number of carbonyl (C=O) groups excluding carboxylic acids is 3. The van der Waals surface area contributed by atoms with Crippen LogP contribution in [0.3, 0.4) is 0 Å². The van der Waals surface area contributed by atoms with Gasteiger partial charge in [0.25, 0.3) is 0 Å². The molecule has 1 fully saturated rings. The zero-order chi connectivity index (χ0) is 18.6. The van der Waals surface area contributed by atoms with E-state index in [1.54, 1.807) is 0 Å². The van der Waals surface area contributed by atoms with Gasteiger partial charge in [-0.25, -0.2) is 0 Å². The van der Waals surface area contributed by atoms with Crippen LogP contribution in [0.15, 0.2) is 18.2 Å². The number of fused-ring (bicyclic) bond motifs is 2. The summed E-state index contributed by atoms with van der Waals surface area (Å²) in [6, 6.07) is 3.87. The van der Waals surface area contributed by atoms with E-state index in [4.69, 9.17) is 4.74 Å². The lowest BCUT2D eigenvalue weighted by molar-refractivity contribution is -0.228. The number of phenols is 1. The molecule has 0 bridgehead atoms. The van der Waals surface area contributed by atoms with Gasteiger partial charge in [-0.2, -0.15) is 0 Å². The van der Waals surface area contributed by atoms with Gasteiger partial charge >= 0.3 is 5.97 Å². The van der Waals surface area contributed by atoms with Gasteiger partial charge < -0.3 is 24.8 Å². The fraction of sp³-hybridized carbons (Fsp3) is 0.471. The zero-order valence-electron chi connectivity index (χ0n) is 13.7. The van der Waals surface area contributed by atoms with Gasteiger partial charge in [0.05, 0.1) is 31.3 Å². The van der Waals surface area contributed by atoms with Gasteiger partial charge in [-0.15, -0.1) is 0 Å². The number of carbonyl (C=O) groups is 3. The number of ether oxygens (including phenoxy) is 2. The number of rotatable bonds is 2. The van der Waals surface area contributed by atoms with Crippen molar-refractivity contribution >= 4 is 17.5 Å². The molecule has 0 saturated carbocycles. The molecular weight excluding hydrogens is 332 g/mol. The molecule has 1 aliphatic carbocycles. The van der Waals surface area contributed by atoms with Gasteiger partial charge in [0.2, 0.25) is 5.78 Å². The molecule has 4 atom stereocenters. The lowest BCUT2D eigenvalue weighted by atomic mass is 9.61. The van der Waals surface area contributed by atoms with Gasteiger partial charge in [0.1, 0.15) is 5.75 Å². The van der Waals surface area contributed by atoms with Crippen LogP contribution in [0.1, 0.15) is 40.5 Å². The van der Waals surface area contributed by atoms with Gasteiger partial charge in [0.15, 0.2) is 17.0 Å². The molecule has 1 heterocycles. The Balaban J connectivity index is 2.12. The minimum absolute atomic E-state index is 0.178. The Kier molecular flexibility index (Phi) is 3.94. The van der Waals surface area contributed by atoms with Crippen LogP contribution in [0.2, 0.25) is 0 Å². The molecular formula is C17H18O8. The number of ketones is 2. The third-order valence-corrected chi connectivity index (χ3v) is 5.00. The Labute approximate surface area is 143 Å². The van der Waals surface area contributed by atoms with E-state index in [9.17, 15) is 29.7 Å². The maximum absolute atomic E-state index is 12.9. The SMILES string of the molecule is COC(=O)CC1CC2(O)C(=O)c3cccc(O)c3C(=O)C2(O)C(C)O1. The van der Waals surface area contributed by atoms with Crippen LogP contribution in [0.4, 0.5) is 0 Å². The summed E-state index contributed by atoms with van der Waals surface area (Å²) in [7, 11) is 1.19. The summed E-state index contributed by atoms with van der Waals surface area (Å²) >= 11 is 0. The topological polar surface area (TPSA) is 130 Å². The lowest BCUT2D eigenvalue weighted by Crippen LogP contribution is -2.75.